The van der Waals surface area contributed by atoms with Crippen molar-refractivity contribution in [1.29, 1.82) is 0 Å². The lowest BCUT2D eigenvalue weighted by Gasteiger charge is -2.34. The second kappa shape index (κ2) is 8.53. The van der Waals surface area contributed by atoms with E-state index < -0.39 is 6.04 Å². The molecule has 1 unspecified atom stereocenters. The summed E-state index contributed by atoms with van der Waals surface area (Å²) in [6.07, 6.45) is 3.59. The molecule has 1 aromatic rings. The molecule has 6 nitrogen and oxygen atoms in total. The van der Waals surface area contributed by atoms with Crippen LogP contribution in [0.25, 0.3) is 0 Å². The first kappa shape index (κ1) is 17.3. The maximum absolute atomic E-state index is 12.4. The molecule has 0 radical (unpaired) electrons. The minimum absolute atomic E-state index is 0.131. The van der Waals surface area contributed by atoms with Crippen molar-refractivity contribution in [3.63, 3.8) is 0 Å². The number of nitrogens with zero attached hydrogens (tertiary/aromatic N) is 1. The smallest absolute Gasteiger partial charge is 0.322 e. The summed E-state index contributed by atoms with van der Waals surface area (Å²) in [4.78, 5) is 25.7. The highest BCUT2D eigenvalue weighted by Crippen LogP contribution is 2.15. The summed E-state index contributed by atoms with van der Waals surface area (Å²) < 4.78 is 0. The van der Waals surface area contributed by atoms with Crippen molar-refractivity contribution < 1.29 is 14.7 Å². The van der Waals surface area contributed by atoms with Crippen LogP contribution in [-0.4, -0.2) is 47.7 Å². The Morgan fingerprint density at radius 2 is 2.13 bits per heavy atom. The van der Waals surface area contributed by atoms with Crippen LogP contribution in [-0.2, 0) is 11.2 Å². The van der Waals surface area contributed by atoms with E-state index in [0.717, 1.165) is 19.3 Å². The van der Waals surface area contributed by atoms with Gasteiger partial charge in [-0.1, -0.05) is 25.5 Å². The topological polar surface area (TPSA) is 81.7 Å². The van der Waals surface area contributed by atoms with Gasteiger partial charge in [0, 0.05) is 25.4 Å². The summed E-state index contributed by atoms with van der Waals surface area (Å²) in [6.45, 7) is 2.90. The molecule has 2 rings (SSSR count). The number of amides is 3. The molecular weight excluding hydrogens is 294 g/mol. The maximum Gasteiger partial charge on any atom is 0.322 e. The lowest BCUT2D eigenvalue weighted by Crippen LogP contribution is -2.58. The fourth-order valence-corrected chi connectivity index (χ4v) is 2.70. The first-order chi connectivity index (χ1) is 11.2. The van der Waals surface area contributed by atoms with Gasteiger partial charge in [-0.15, -0.1) is 0 Å². The molecule has 0 aliphatic carbocycles. The third-order valence-electron chi connectivity index (χ3n) is 4.02. The molecule has 126 valence electrons. The van der Waals surface area contributed by atoms with Crippen molar-refractivity contribution in [3.8, 4) is 0 Å². The van der Waals surface area contributed by atoms with Crippen LogP contribution in [0.15, 0.2) is 24.3 Å². The Balaban J connectivity index is 1.98. The summed E-state index contributed by atoms with van der Waals surface area (Å²) in [5.41, 5.74) is 1.96. The Labute approximate surface area is 136 Å². The number of aliphatic hydroxyl groups excluding tert-OH is 1. The number of hydrogen-bond donors (Lipinski definition) is 3. The summed E-state index contributed by atoms with van der Waals surface area (Å²) >= 11 is 0. The van der Waals surface area contributed by atoms with Gasteiger partial charge in [-0.25, -0.2) is 4.79 Å². The zero-order chi connectivity index (χ0) is 16.7. The average Bonchev–Trinajstić information content (AvgIpc) is 2.56. The number of unbranched alkanes of at least 4 members (excludes halogenated alkanes) is 1. The van der Waals surface area contributed by atoms with Crippen molar-refractivity contribution >= 4 is 17.6 Å². The molecule has 3 N–H and O–H groups in total. The number of carbonyl (C=O) groups is 2. The third-order valence-corrected chi connectivity index (χ3v) is 4.02. The predicted octanol–water partition coefficient (Wildman–Crippen LogP) is 1.74. The SMILES string of the molecule is CCCCc1ccc(NC(=O)N2CCNC(=O)C2CCO)cc1. The molecule has 1 heterocycles. The van der Waals surface area contributed by atoms with Crippen molar-refractivity contribution in [2.45, 2.75) is 38.6 Å². The molecule has 1 saturated heterocycles. The number of aryl methyl sites for hydroxylation is 1. The molecule has 0 aromatic heterocycles. The Morgan fingerprint density at radius 1 is 1.39 bits per heavy atom. The first-order valence-electron chi connectivity index (χ1n) is 8.21. The van der Waals surface area contributed by atoms with Gasteiger partial charge in [0.2, 0.25) is 5.91 Å². The van der Waals surface area contributed by atoms with Gasteiger partial charge in [0.25, 0.3) is 0 Å². The Hall–Kier alpha value is -2.08. The standard InChI is InChI=1S/C17H25N3O3/c1-2-3-4-13-5-7-14(8-6-13)19-17(23)20-11-10-18-16(22)15(20)9-12-21/h5-8,15,21H,2-4,9-12H2,1H3,(H,18,22)(H,19,23). The van der Waals surface area contributed by atoms with Gasteiger partial charge in [0.15, 0.2) is 0 Å². The number of aliphatic hydroxyl groups is 1. The highest BCUT2D eigenvalue weighted by molar-refractivity contribution is 5.94. The largest absolute Gasteiger partial charge is 0.396 e. The van der Waals surface area contributed by atoms with E-state index in [-0.39, 0.29) is 25.0 Å². The number of anilines is 1. The van der Waals surface area contributed by atoms with Gasteiger partial charge in [0.1, 0.15) is 6.04 Å². The molecule has 0 bridgehead atoms. The average molecular weight is 319 g/mol. The summed E-state index contributed by atoms with van der Waals surface area (Å²) in [6, 6.07) is 6.87. The number of carbonyl (C=O) groups excluding carboxylic acids is 2. The number of rotatable bonds is 6. The van der Waals surface area contributed by atoms with Gasteiger partial charge in [-0.3, -0.25) is 4.79 Å². The predicted molar refractivity (Wildman–Crippen MR) is 89.3 cm³/mol. The van der Waals surface area contributed by atoms with E-state index in [1.54, 1.807) is 0 Å². The quantitative estimate of drug-likeness (QED) is 0.747. The molecule has 1 aromatic carbocycles. The van der Waals surface area contributed by atoms with Crippen LogP contribution in [0.4, 0.5) is 10.5 Å². The molecule has 1 aliphatic rings. The van der Waals surface area contributed by atoms with Gasteiger partial charge in [-0.05, 0) is 37.0 Å². The number of hydrogen-bond acceptors (Lipinski definition) is 3. The molecule has 3 amide bonds. The van der Waals surface area contributed by atoms with Crippen LogP contribution in [0, 0.1) is 0 Å². The fraction of sp³-hybridized carbons (Fsp3) is 0.529. The van der Waals surface area contributed by atoms with E-state index in [4.69, 9.17) is 5.11 Å². The Morgan fingerprint density at radius 3 is 2.78 bits per heavy atom. The van der Waals surface area contributed by atoms with Crippen molar-refractivity contribution in [1.82, 2.24) is 10.2 Å². The minimum atomic E-state index is -0.613. The summed E-state index contributed by atoms with van der Waals surface area (Å²) in [7, 11) is 0. The van der Waals surface area contributed by atoms with Crippen LogP contribution in [0.3, 0.4) is 0 Å². The lowest BCUT2D eigenvalue weighted by molar-refractivity contribution is -0.128. The molecule has 1 aliphatic heterocycles. The van der Waals surface area contributed by atoms with Gasteiger partial charge < -0.3 is 20.6 Å². The molecule has 6 heteroatoms. The molecule has 0 spiro atoms. The van der Waals surface area contributed by atoms with Crippen LogP contribution in [0.2, 0.25) is 0 Å². The highest BCUT2D eigenvalue weighted by Gasteiger charge is 2.32. The molecule has 1 fully saturated rings. The molecule has 0 saturated carbocycles. The second-order valence-electron chi connectivity index (χ2n) is 5.74. The van der Waals surface area contributed by atoms with E-state index in [2.05, 4.69) is 17.6 Å². The molecule has 1 atom stereocenters. The Bertz CT molecular complexity index is 530. The van der Waals surface area contributed by atoms with E-state index in [1.165, 1.54) is 10.5 Å². The first-order valence-corrected chi connectivity index (χ1v) is 8.21. The van der Waals surface area contributed by atoms with E-state index in [9.17, 15) is 9.59 Å². The van der Waals surface area contributed by atoms with E-state index in [0.29, 0.717) is 18.8 Å². The van der Waals surface area contributed by atoms with Crippen LogP contribution >= 0.6 is 0 Å². The maximum atomic E-state index is 12.4. The van der Waals surface area contributed by atoms with Gasteiger partial charge >= 0.3 is 6.03 Å². The summed E-state index contributed by atoms with van der Waals surface area (Å²) in [5, 5.41) is 14.6. The van der Waals surface area contributed by atoms with Crippen LogP contribution < -0.4 is 10.6 Å². The summed E-state index contributed by atoms with van der Waals surface area (Å²) in [5.74, 6) is -0.213. The second-order valence-corrected chi connectivity index (χ2v) is 5.74. The van der Waals surface area contributed by atoms with Crippen molar-refractivity contribution in [2.75, 3.05) is 25.0 Å². The van der Waals surface area contributed by atoms with E-state index in [1.807, 2.05) is 24.3 Å². The number of nitrogens with one attached hydrogen (secondary N) is 2. The third kappa shape index (κ3) is 4.69. The molecule has 23 heavy (non-hydrogen) atoms. The Kier molecular flexibility index (Phi) is 6.40. The number of piperazine rings is 1. The number of benzene rings is 1. The fourth-order valence-electron chi connectivity index (χ4n) is 2.70. The van der Waals surface area contributed by atoms with Crippen molar-refractivity contribution in [3.05, 3.63) is 29.8 Å². The highest BCUT2D eigenvalue weighted by atomic mass is 16.3. The van der Waals surface area contributed by atoms with Gasteiger partial charge in [-0.2, -0.15) is 0 Å². The van der Waals surface area contributed by atoms with Crippen molar-refractivity contribution in [2.24, 2.45) is 0 Å². The zero-order valence-electron chi connectivity index (χ0n) is 13.5. The lowest BCUT2D eigenvalue weighted by atomic mass is 10.1. The minimum Gasteiger partial charge on any atom is -0.396 e. The van der Waals surface area contributed by atoms with Gasteiger partial charge in [0.05, 0.1) is 0 Å². The zero-order valence-corrected chi connectivity index (χ0v) is 13.5. The molecular formula is C17H25N3O3. The van der Waals surface area contributed by atoms with Crippen LogP contribution in [0.5, 0.6) is 0 Å². The van der Waals surface area contributed by atoms with Crippen LogP contribution in [0.1, 0.15) is 31.7 Å². The number of urea groups is 1. The monoisotopic (exact) mass is 319 g/mol. The van der Waals surface area contributed by atoms with E-state index >= 15 is 0 Å². The normalized spacial score (nSPS) is 17.7.